The average molecular weight is 249 g/mol. The molecule has 1 heterocycles. The summed E-state index contributed by atoms with van der Waals surface area (Å²) in [6.45, 7) is 1.65. The molecule has 7 heteroatoms. The fraction of sp³-hybridized carbons (Fsp3) is 0.889. The van der Waals surface area contributed by atoms with Crippen LogP contribution in [0.2, 0.25) is 0 Å². The number of sulfonamides is 1. The summed E-state index contributed by atoms with van der Waals surface area (Å²) in [7, 11) is -3.13. The van der Waals surface area contributed by atoms with Gasteiger partial charge in [-0.15, -0.1) is 0 Å². The lowest BCUT2D eigenvalue weighted by Gasteiger charge is -2.30. The third kappa shape index (κ3) is 4.46. The summed E-state index contributed by atoms with van der Waals surface area (Å²) in [6.07, 6.45) is 3.41. The standard InChI is InChI=1S/C9H19N3O3S/c1-16(14,15)11-5-3-7-12-6-2-4-8(10)9(12)13/h8,11H,2-7,10H2,1H3. The number of carbonyl (C=O) groups excluding carboxylic acids is 1. The predicted molar refractivity (Wildman–Crippen MR) is 61.3 cm³/mol. The van der Waals surface area contributed by atoms with E-state index in [1.54, 1.807) is 4.90 Å². The van der Waals surface area contributed by atoms with Crippen molar-refractivity contribution in [3.8, 4) is 0 Å². The molecule has 3 N–H and O–H groups in total. The summed E-state index contributed by atoms with van der Waals surface area (Å²) in [4.78, 5) is 13.3. The van der Waals surface area contributed by atoms with Gasteiger partial charge in [0, 0.05) is 19.6 Å². The van der Waals surface area contributed by atoms with Crippen molar-refractivity contribution in [3.63, 3.8) is 0 Å². The van der Waals surface area contributed by atoms with Crippen LogP contribution in [0.1, 0.15) is 19.3 Å². The minimum Gasteiger partial charge on any atom is -0.341 e. The molecule has 1 fully saturated rings. The summed E-state index contributed by atoms with van der Waals surface area (Å²) in [5.74, 6) is -0.0226. The third-order valence-corrected chi connectivity index (χ3v) is 3.27. The molecule has 1 amide bonds. The van der Waals surface area contributed by atoms with Crippen LogP contribution in [0.5, 0.6) is 0 Å². The topological polar surface area (TPSA) is 92.5 Å². The SMILES string of the molecule is CS(=O)(=O)NCCCN1CCCC(N)C1=O. The smallest absolute Gasteiger partial charge is 0.239 e. The van der Waals surface area contributed by atoms with Gasteiger partial charge in [0.05, 0.1) is 12.3 Å². The molecule has 0 radical (unpaired) electrons. The van der Waals surface area contributed by atoms with Gasteiger partial charge in [0.15, 0.2) is 0 Å². The van der Waals surface area contributed by atoms with Crippen molar-refractivity contribution < 1.29 is 13.2 Å². The molecule has 0 aromatic carbocycles. The molecule has 6 nitrogen and oxygen atoms in total. The third-order valence-electron chi connectivity index (χ3n) is 2.54. The van der Waals surface area contributed by atoms with Crippen LogP contribution in [0.4, 0.5) is 0 Å². The van der Waals surface area contributed by atoms with Crippen LogP contribution < -0.4 is 10.5 Å². The molecule has 1 saturated heterocycles. The Balaban J connectivity index is 2.25. The van der Waals surface area contributed by atoms with Crippen LogP contribution in [0.3, 0.4) is 0 Å². The first kappa shape index (κ1) is 13.4. The fourth-order valence-electron chi connectivity index (χ4n) is 1.72. The molecule has 16 heavy (non-hydrogen) atoms. The second-order valence-electron chi connectivity index (χ2n) is 4.09. The quantitative estimate of drug-likeness (QED) is 0.603. The molecular formula is C9H19N3O3S. The molecule has 0 bridgehead atoms. The molecule has 0 spiro atoms. The zero-order chi connectivity index (χ0) is 12.2. The van der Waals surface area contributed by atoms with Crippen molar-refractivity contribution in [2.45, 2.75) is 25.3 Å². The van der Waals surface area contributed by atoms with Gasteiger partial charge in [0.25, 0.3) is 0 Å². The van der Waals surface area contributed by atoms with Crippen LogP contribution in [0.15, 0.2) is 0 Å². The number of piperidine rings is 1. The van der Waals surface area contributed by atoms with Gasteiger partial charge in [-0.1, -0.05) is 0 Å². The Labute approximate surface area is 96.2 Å². The van der Waals surface area contributed by atoms with Crippen molar-refractivity contribution in [2.24, 2.45) is 5.73 Å². The number of carbonyl (C=O) groups is 1. The molecule has 1 rings (SSSR count). The molecule has 94 valence electrons. The maximum Gasteiger partial charge on any atom is 0.239 e. The minimum absolute atomic E-state index is 0.0226. The Kier molecular flexibility index (Phi) is 4.69. The Bertz CT molecular complexity index is 342. The summed E-state index contributed by atoms with van der Waals surface area (Å²) in [6, 6.07) is -0.378. The Morgan fingerprint density at radius 1 is 1.56 bits per heavy atom. The Morgan fingerprint density at radius 3 is 2.88 bits per heavy atom. The first-order valence-electron chi connectivity index (χ1n) is 5.39. The lowest BCUT2D eigenvalue weighted by molar-refractivity contribution is -0.134. The summed E-state index contributed by atoms with van der Waals surface area (Å²) in [5, 5.41) is 0. The van der Waals surface area contributed by atoms with Crippen molar-refractivity contribution in [1.29, 1.82) is 0 Å². The number of hydrogen-bond donors (Lipinski definition) is 2. The molecule has 1 aliphatic heterocycles. The second-order valence-corrected chi connectivity index (χ2v) is 5.93. The zero-order valence-electron chi connectivity index (χ0n) is 9.48. The van der Waals surface area contributed by atoms with Gasteiger partial charge in [0.1, 0.15) is 0 Å². The number of amides is 1. The lowest BCUT2D eigenvalue weighted by atomic mass is 10.1. The highest BCUT2D eigenvalue weighted by Crippen LogP contribution is 2.09. The molecule has 1 unspecified atom stereocenters. The van der Waals surface area contributed by atoms with E-state index in [2.05, 4.69) is 4.72 Å². The molecule has 1 atom stereocenters. The van der Waals surface area contributed by atoms with E-state index in [4.69, 9.17) is 5.73 Å². The van der Waals surface area contributed by atoms with Gasteiger partial charge in [-0.2, -0.15) is 0 Å². The highest BCUT2D eigenvalue weighted by atomic mass is 32.2. The molecule has 0 aromatic rings. The van der Waals surface area contributed by atoms with Crippen molar-refractivity contribution in [3.05, 3.63) is 0 Å². The van der Waals surface area contributed by atoms with E-state index in [1.807, 2.05) is 0 Å². The zero-order valence-corrected chi connectivity index (χ0v) is 10.3. The first-order chi connectivity index (χ1) is 7.40. The number of hydrogen-bond acceptors (Lipinski definition) is 4. The van der Waals surface area contributed by atoms with Crippen LogP contribution in [-0.2, 0) is 14.8 Å². The molecule has 0 saturated carbocycles. The van der Waals surface area contributed by atoms with E-state index >= 15 is 0 Å². The Morgan fingerprint density at radius 2 is 2.25 bits per heavy atom. The first-order valence-corrected chi connectivity index (χ1v) is 7.28. The van der Waals surface area contributed by atoms with Gasteiger partial charge in [0.2, 0.25) is 15.9 Å². The van der Waals surface area contributed by atoms with Gasteiger partial charge in [-0.3, -0.25) is 4.79 Å². The lowest BCUT2D eigenvalue weighted by Crippen LogP contribution is -2.48. The maximum atomic E-state index is 11.6. The molecule has 0 aliphatic carbocycles. The van der Waals surface area contributed by atoms with Gasteiger partial charge in [-0.05, 0) is 19.3 Å². The largest absolute Gasteiger partial charge is 0.341 e. The van der Waals surface area contributed by atoms with Gasteiger partial charge in [-0.25, -0.2) is 13.1 Å². The highest BCUT2D eigenvalue weighted by Gasteiger charge is 2.24. The Hall–Kier alpha value is -0.660. The number of nitrogens with two attached hydrogens (primary N) is 1. The van der Waals surface area contributed by atoms with E-state index in [0.717, 1.165) is 25.6 Å². The fourth-order valence-corrected chi connectivity index (χ4v) is 2.23. The van der Waals surface area contributed by atoms with Gasteiger partial charge < -0.3 is 10.6 Å². The second kappa shape index (κ2) is 5.60. The number of likely N-dealkylation sites (tertiary alicyclic amines) is 1. The molecule has 0 aromatic heterocycles. The minimum atomic E-state index is -3.13. The number of nitrogens with zero attached hydrogens (tertiary/aromatic N) is 1. The highest BCUT2D eigenvalue weighted by molar-refractivity contribution is 7.88. The summed E-state index contributed by atoms with van der Waals surface area (Å²) < 4.78 is 24.0. The van der Waals surface area contributed by atoms with Crippen LogP contribution in [0, 0.1) is 0 Å². The summed E-state index contributed by atoms with van der Waals surface area (Å²) in [5.41, 5.74) is 5.64. The summed E-state index contributed by atoms with van der Waals surface area (Å²) >= 11 is 0. The van der Waals surface area contributed by atoms with E-state index in [-0.39, 0.29) is 11.9 Å². The van der Waals surface area contributed by atoms with Crippen molar-refractivity contribution >= 4 is 15.9 Å². The van der Waals surface area contributed by atoms with Gasteiger partial charge >= 0.3 is 0 Å². The average Bonchev–Trinajstić information content (AvgIpc) is 2.17. The van der Waals surface area contributed by atoms with Crippen LogP contribution in [-0.4, -0.2) is 51.2 Å². The predicted octanol–water partition coefficient (Wildman–Crippen LogP) is -1.12. The maximum absolute atomic E-state index is 11.6. The van der Waals surface area contributed by atoms with Crippen LogP contribution in [0.25, 0.3) is 0 Å². The molecule has 1 aliphatic rings. The number of rotatable bonds is 5. The van der Waals surface area contributed by atoms with Crippen molar-refractivity contribution in [2.75, 3.05) is 25.9 Å². The monoisotopic (exact) mass is 249 g/mol. The van der Waals surface area contributed by atoms with E-state index in [1.165, 1.54) is 0 Å². The van der Waals surface area contributed by atoms with E-state index in [9.17, 15) is 13.2 Å². The number of nitrogens with one attached hydrogen (secondary N) is 1. The normalized spacial score (nSPS) is 22.5. The van der Waals surface area contributed by atoms with Crippen LogP contribution >= 0.6 is 0 Å². The molecular weight excluding hydrogens is 230 g/mol. The van der Waals surface area contributed by atoms with Crippen molar-refractivity contribution in [1.82, 2.24) is 9.62 Å². The van der Waals surface area contributed by atoms with E-state index in [0.29, 0.717) is 19.5 Å². The van der Waals surface area contributed by atoms with E-state index < -0.39 is 10.0 Å².